The van der Waals surface area contributed by atoms with E-state index in [4.69, 9.17) is 9.47 Å². The van der Waals surface area contributed by atoms with Gasteiger partial charge in [-0.15, -0.1) is 0 Å². The van der Waals surface area contributed by atoms with Crippen molar-refractivity contribution in [1.82, 2.24) is 10.3 Å². The first-order valence-corrected chi connectivity index (χ1v) is 8.20. The summed E-state index contributed by atoms with van der Waals surface area (Å²) >= 11 is 0. The molecular weight excluding hydrogens is 304 g/mol. The number of fused-ring (bicyclic) bond motifs is 1. The van der Waals surface area contributed by atoms with Crippen LogP contribution in [0.25, 0.3) is 0 Å². The number of benzene rings is 1. The van der Waals surface area contributed by atoms with Crippen molar-refractivity contribution in [2.24, 2.45) is 5.92 Å². The summed E-state index contributed by atoms with van der Waals surface area (Å²) in [6.07, 6.45) is 5.60. The van der Waals surface area contributed by atoms with Crippen LogP contribution in [0.3, 0.4) is 0 Å². The maximum absolute atomic E-state index is 12.0. The molecule has 1 aromatic carbocycles. The van der Waals surface area contributed by atoms with Gasteiger partial charge in [0.15, 0.2) is 11.5 Å². The molecule has 0 aliphatic carbocycles. The molecule has 1 amide bonds. The summed E-state index contributed by atoms with van der Waals surface area (Å²) in [7, 11) is 1.65. The Balaban J connectivity index is 1.46. The molecule has 5 heteroatoms. The molecule has 0 fully saturated rings. The van der Waals surface area contributed by atoms with Crippen LogP contribution in [0.15, 0.2) is 42.7 Å². The zero-order chi connectivity index (χ0) is 16.8. The van der Waals surface area contributed by atoms with Crippen molar-refractivity contribution in [3.8, 4) is 11.5 Å². The van der Waals surface area contributed by atoms with E-state index in [-0.39, 0.29) is 11.8 Å². The highest BCUT2D eigenvalue weighted by Gasteiger charge is 2.22. The minimum absolute atomic E-state index is 0.0725. The fourth-order valence-corrected chi connectivity index (χ4v) is 2.90. The molecule has 0 unspecified atom stereocenters. The van der Waals surface area contributed by atoms with E-state index in [0.29, 0.717) is 19.6 Å². The van der Waals surface area contributed by atoms with Crippen molar-refractivity contribution in [3.05, 3.63) is 53.9 Å². The summed E-state index contributed by atoms with van der Waals surface area (Å²) < 4.78 is 11.2. The molecule has 2 heterocycles. The van der Waals surface area contributed by atoms with Crippen LogP contribution < -0.4 is 14.8 Å². The Morgan fingerprint density at radius 1 is 1.33 bits per heavy atom. The van der Waals surface area contributed by atoms with Gasteiger partial charge in [0.25, 0.3) is 0 Å². The van der Waals surface area contributed by atoms with Gasteiger partial charge in [-0.05, 0) is 42.2 Å². The van der Waals surface area contributed by atoms with Crippen LogP contribution in [0.4, 0.5) is 0 Å². The molecular formula is C19H22N2O3. The Morgan fingerprint density at radius 2 is 2.17 bits per heavy atom. The first-order valence-electron chi connectivity index (χ1n) is 8.20. The first kappa shape index (κ1) is 16.3. The molecule has 0 radical (unpaired) electrons. The Bertz CT molecular complexity index is 688. The fraction of sp³-hybridized carbons (Fsp3) is 0.368. The quantitative estimate of drug-likeness (QED) is 0.885. The minimum atomic E-state index is 0.0725. The number of carbonyl (C=O) groups excluding carboxylic acids is 1. The van der Waals surface area contributed by atoms with Gasteiger partial charge in [0.05, 0.1) is 13.7 Å². The van der Waals surface area contributed by atoms with E-state index in [1.807, 2.05) is 24.3 Å². The molecule has 0 saturated heterocycles. The van der Waals surface area contributed by atoms with Crippen LogP contribution in [0.5, 0.6) is 11.5 Å². The number of nitrogens with zero attached hydrogens (tertiary/aromatic N) is 1. The van der Waals surface area contributed by atoms with E-state index in [9.17, 15) is 4.79 Å². The Labute approximate surface area is 142 Å². The highest BCUT2D eigenvalue weighted by molar-refractivity contribution is 5.76. The number of hydrogen-bond donors (Lipinski definition) is 1. The van der Waals surface area contributed by atoms with Gasteiger partial charge in [-0.3, -0.25) is 9.78 Å². The summed E-state index contributed by atoms with van der Waals surface area (Å²) in [5.74, 6) is 1.96. The van der Waals surface area contributed by atoms with E-state index >= 15 is 0 Å². The van der Waals surface area contributed by atoms with Crippen molar-refractivity contribution in [1.29, 1.82) is 0 Å². The highest BCUT2D eigenvalue weighted by Crippen LogP contribution is 2.35. The van der Waals surface area contributed by atoms with E-state index in [1.54, 1.807) is 19.5 Å². The number of nitrogens with one attached hydrogen (secondary N) is 1. The van der Waals surface area contributed by atoms with Gasteiger partial charge in [0, 0.05) is 31.3 Å². The highest BCUT2D eigenvalue weighted by atomic mass is 16.5. The number of carbonyl (C=O) groups is 1. The lowest BCUT2D eigenvalue weighted by Gasteiger charge is -2.26. The van der Waals surface area contributed by atoms with Crippen molar-refractivity contribution in [2.45, 2.75) is 19.3 Å². The number of rotatable bonds is 6. The van der Waals surface area contributed by atoms with Crippen LogP contribution in [-0.4, -0.2) is 31.2 Å². The molecule has 0 bridgehead atoms. The lowest BCUT2D eigenvalue weighted by atomic mass is 9.96. The monoisotopic (exact) mass is 326 g/mol. The normalized spacial score (nSPS) is 16.0. The number of aryl methyl sites for hydroxylation is 1. The molecule has 2 aromatic rings. The molecule has 1 N–H and O–H groups in total. The summed E-state index contributed by atoms with van der Waals surface area (Å²) in [5, 5.41) is 3.02. The molecule has 24 heavy (non-hydrogen) atoms. The molecule has 0 saturated carbocycles. The number of hydrogen-bond acceptors (Lipinski definition) is 4. The number of methoxy groups -OCH3 is 1. The third-order valence-corrected chi connectivity index (χ3v) is 4.23. The third-order valence-electron chi connectivity index (χ3n) is 4.23. The van der Waals surface area contributed by atoms with Gasteiger partial charge in [-0.2, -0.15) is 0 Å². The maximum atomic E-state index is 12.0. The summed E-state index contributed by atoms with van der Waals surface area (Å²) in [4.78, 5) is 16.0. The van der Waals surface area contributed by atoms with Crippen LogP contribution in [0.2, 0.25) is 0 Å². The fourth-order valence-electron chi connectivity index (χ4n) is 2.90. The largest absolute Gasteiger partial charge is 0.493 e. The molecule has 5 nitrogen and oxygen atoms in total. The van der Waals surface area contributed by atoms with E-state index in [0.717, 1.165) is 35.5 Å². The van der Waals surface area contributed by atoms with Crippen LogP contribution in [0.1, 0.15) is 17.5 Å². The van der Waals surface area contributed by atoms with E-state index in [2.05, 4.69) is 16.4 Å². The zero-order valence-electron chi connectivity index (χ0n) is 13.8. The molecule has 1 aliphatic heterocycles. The summed E-state index contributed by atoms with van der Waals surface area (Å²) in [6, 6.07) is 9.80. The Hall–Kier alpha value is -2.56. The number of ether oxygens (including phenoxy) is 2. The number of amides is 1. The lowest BCUT2D eigenvalue weighted by molar-refractivity contribution is -0.121. The van der Waals surface area contributed by atoms with Gasteiger partial charge >= 0.3 is 0 Å². The Kier molecular flexibility index (Phi) is 5.31. The average Bonchev–Trinajstić information content (AvgIpc) is 2.64. The van der Waals surface area contributed by atoms with Crippen molar-refractivity contribution < 1.29 is 14.3 Å². The zero-order valence-corrected chi connectivity index (χ0v) is 13.8. The topological polar surface area (TPSA) is 60.5 Å². The predicted molar refractivity (Wildman–Crippen MR) is 91.3 cm³/mol. The lowest BCUT2D eigenvalue weighted by Crippen LogP contribution is -2.35. The van der Waals surface area contributed by atoms with Gasteiger partial charge in [0.2, 0.25) is 5.91 Å². The molecule has 1 aliphatic rings. The second-order valence-corrected chi connectivity index (χ2v) is 5.99. The molecule has 1 atom stereocenters. The maximum Gasteiger partial charge on any atom is 0.220 e. The first-order chi connectivity index (χ1) is 11.8. The van der Waals surface area contributed by atoms with Gasteiger partial charge in [0.1, 0.15) is 0 Å². The van der Waals surface area contributed by atoms with Crippen LogP contribution in [0, 0.1) is 5.92 Å². The smallest absolute Gasteiger partial charge is 0.220 e. The third kappa shape index (κ3) is 4.04. The van der Waals surface area contributed by atoms with Crippen LogP contribution >= 0.6 is 0 Å². The van der Waals surface area contributed by atoms with Crippen LogP contribution in [-0.2, 0) is 17.6 Å². The molecule has 126 valence electrons. The standard InChI is InChI=1S/C19H22N2O3/c1-23-17-4-2-3-16-11-15(13-24-19(16)17)12-21-18(22)6-5-14-7-9-20-10-8-14/h2-4,7-10,15H,5-6,11-13H2,1H3,(H,21,22)/t15-/m0/s1. The average molecular weight is 326 g/mol. The molecule has 0 spiro atoms. The van der Waals surface area contributed by atoms with Gasteiger partial charge < -0.3 is 14.8 Å². The molecule has 3 rings (SSSR count). The second-order valence-electron chi connectivity index (χ2n) is 5.99. The number of aromatic nitrogens is 1. The van der Waals surface area contributed by atoms with Crippen molar-refractivity contribution >= 4 is 5.91 Å². The SMILES string of the molecule is COc1cccc2c1OC[C@H](CNC(=O)CCc1ccncc1)C2. The number of pyridine rings is 1. The van der Waals surface area contributed by atoms with Gasteiger partial charge in [-0.25, -0.2) is 0 Å². The molecule has 1 aromatic heterocycles. The van der Waals surface area contributed by atoms with Crippen molar-refractivity contribution in [3.63, 3.8) is 0 Å². The van der Waals surface area contributed by atoms with Gasteiger partial charge in [-0.1, -0.05) is 12.1 Å². The van der Waals surface area contributed by atoms with E-state index in [1.165, 1.54) is 0 Å². The summed E-state index contributed by atoms with van der Waals surface area (Å²) in [6.45, 7) is 1.23. The summed E-state index contributed by atoms with van der Waals surface area (Å²) in [5.41, 5.74) is 2.26. The Morgan fingerprint density at radius 3 is 2.96 bits per heavy atom. The second kappa shape index (κ2) is 7.81. The number of para-hydroxylation sites is 1. The predicted octanol–water partition coefficient (Wildman–Crippen LogP) is 2.39. The minimum Gasteiger partial charge on any atom is -0.493 e. The van der Waals surface area contributed by atoms with Crippen molar-refractivity contribution in [2.75, 3.05) is 20.3 Å². The van der Waals surface area contributed by atoms with E-state index < -0.39 is 0 Å².